The largest absolute Gasteiger partial charge is 0.354 e. The Morgan fingerprint density at radius 2 is 1.80 bits per heavy atom. The van der Waals surface area contributed by atoms with Crippen molar-refractivity contribution >= 4 is 35.2 Å². The molecule has 0 radical (unpaired) electrons. The number of carbonyl (C=O) groups excluding carboxylic acids is 2. The van der Waals surface area contributed by atoms with Crippen LogP contribution in [0.4, 0.5) is 0 Å². The molecule has 0 saturated heterocycles. The molecular formula is C24H31ClN2O2S. The first-order chi connectivity index (χ1) is 14.5. The number of rotatable bonds is 11. The number of aryl methyl sites for hydroxylation is 1. The maximum absolute atomic E-state index is 13.2. The minimum absolute atomic E-state index is 0.0504. The minimum atomic E-state index is -0.514. The molecule has 0 saturated carbocycles. The molecule has 30 heavy (non-hydrogen) atoms. The Kier molecular flexibility index (Phi) is 10.2. The quantitative estimate of drug-likeness (QED) is 0.515. The van der Waals surface area contributed by atoms with Crippen LogP contribution in [0.1, 0.15) is 43.4 Å². The highest BCUT2D eigenvalue weighted by molar-refractivity contribution is 7.99. The summed E-state index contributed by atoms with van der Waals surface area (Å²) < 4.78 is 0. The van der Waals surface area contributed by atoms with E-state index < -0.39 is 6.04 Å². The third-order valence-electron chi connectivity index (χ3n) is 4.85. The topological polar surface area (TPSA) is 49.4 Å². The number of halogens is 1. The van der Waals surface area contributed by atoms with E-state index >= 15 is 0 Å². The van der Waals surface area contributed by atoms with E-state index in [9.17, 15) is 9.59 Å². The Hall–Kier alpha value is -1.98. The Morgan fingerprint density at radius 3 is 2.43 bits per heavy atom. The van der Waals surface area contributed by atoms with Crippen molar-refractivity contribution in [2.24, 2.45) is 0 Å². The molecule has 0 bridgehead atoms. The molecule has 6 heteroatoms. The number of thioether (sulfide) groups is 1. The van der Waals surface area contributed by atoms with E-state index in [1.54, 1.807) is 16.7 Å². The van der Waals surface area contributed by atoms with Crippen molar-refractivity contribution in [2.75, 3.05) is 12.3 Å². The van der Waals surface area contributed by atoms with Gasteiger partial charge in [0, 0.05) is 23.9 Å². The molecule has 0 aliphatic heterocycles. The van der Waals surface area contributed by atoms with Gasteiger partial charge in [0.25, 0.3) is 0 Å². The summed E-state index contributed by atoms with van der Waals surface area (Å²) in [7, 11) is 0. The van der Waals surface area contributed by atoms with Gasteiger partial charge in [-0.1, -0.05) is 73.5 Å². The molecule has 0 aliphatic rings. The van der Waals surface area contributed by atoms with Gasteiger partial charge in [0.2, 0.25) is 11.8 Å². The van der Waals surface area contributed by atoms with Crippen molar-refractivity contribution in [3.05, 3.63) is 70.2 Å². The van der Waals surface area contributed by atoms with Gasteiger partial charge in [-0.3, -0.25) is 9.59 Å². The van der Waals surface area contributed by atoms with Gasteiger partial charge in [0.15, 0.2) is 0 Å². The van der Waals surface area contributed by atoms with E-state index in [-0.39, 0.29) is 11.8 Å². The number of carbonyl (C=O) groups is 2. The highest BCUT2D eigenvalue weighted by Gasteiger charge is 2.28. The molecule has 2 rings (SSSR count). The van der Waals surface area contributed by atoms with Crippen LogP contribution >= 0.6 is 23.4 Å². The Balaban J connectivity index is 2.11. The van der Waals surface area contributed by atoms with Gasteiger partial charge in [-0.05, 0) is 37.0 Å². The first-order valence-electron chi connectivity index (χ1n) is 10.4. The van der Waals surface area contributed by atoms with Crippen molar-refractivity contribution in [3.8, 4) is 0 Å². The van der Waals surface area contributed by atoms with Crippen molar-refractivity contribution in [2.45, 2.75) is 52.0 Å². The second-order valence-electron chi connectivity index (χ2n) is 7.31. The van der Waals surface area contributed by atoms with Crippen LogP contribution in [0.2, 0.25) is 5.02 Å². The lowest BCUT2D eigenvalue weighted by atomic mass is 10.1. The number of hydrogen-bond donors (Lipinski definition) is 1. The van der Waals surface area contributed by atoms with Crippen LogP contribution in [0, 0.1) is 6.92 Å². The second kappa shape index (κ2) is 12.7. The third-order valence-corrected chi connectivity index (χ3v) is 6.21. The number of nitrogens with one attached hydrogen (secondary N) is 1. The molecule has 0 fully saturated rings. The zero-order chi connectivity index (χ0) is 21.9. The van der Waals surface area contributed by atoms with Gasteiger partial charge in [0.1, 0.15) is 6.04 Å². The van der Waals surface area contributed by atoms with Gasteiger partial charge >= 0.3 is 0 Å². The summed E-state index contributed by atoms with van der Waals surface area (Å²) in [4.78, 5) is 27.6. The molecule has 2 aromatic carbocycles. The van der Waals surface area contributed by atoms with Gasteiger partial charge < -0.3 is 10.2 Å². The minimum Gasteiger partial charge on any atom is -0.354 e. The summed E-state index contributed by atoms with van der Waals surface area (Å²) in [6.07, 6.45) is 1.40. The van der Waals surface area contributed by atoms with Gasteiger partial charge in [-0.25, -0.2) is 0 Å². The smallest absolute Gasteiger partial charge is 0.242 e. The maximum atomic E-state index is 13.2. The fourth-order valence-electron chi connectivity index (χ4n) is 3.12. The van der Waals surface area contributed by atoms with Crippen molar-refractivity contribution in [3.63, 3.8) is 0 Å². The molecule has 162 valence electrons. The van der Waals surface area contributed by atoms with Gasteiger partial charge in [0.05, 0.1) is 5.75 Å². The molecule has 2 amide bonds. The standard InChI is InChI=1S/C24H31ClN2O2S/c1-4-14-26-24(29)22(5-2)27(15-20-8-6-7-9-21(20)25)23(28)17-30-16-19-12-10-18(3)11-13-19/h6-13,22H,4-5,14-17H2,1-3H3,(H,26,29)/t22-/m0/s1. The summed E-state index contributed by atoms with van der Waals surface area (Å²) in [6.45, 7) is 6.92. The zero-order valence-corrected chi connectivity index (χ0v) is 19.6. The Bertz CT molecular complexity index is 826. The number of amides is 2. The normalized spacial score (nSPS) is 11.7. The lowest BCUT2D eigenvalue weighted by Crippen LogP contribution is -2.49. The molecular weight excluding hydrogens is 416 g/mol. The van der Waals surface area contributed by atoms with E-state index in [0.29, 0.717) is 30.3 Å². The van der Waals surface area contributed by atoms with Gasteiger partial charge in [-0.2, -0.15) is 0 Å². The maximum Gasteiger partial charge on any atom is 0.242 e. The van der Waals surface area contributed by atoms with E-state index in [0.717, 1.165) is 17.7 Å². The number of nitrogens with zero attached hydrogens (tertiary/aromatic N) is 1. The van der Waals surface area contributed by atoms with Crippen LogP contribution in [-0.2, 0) is 21.9 Å². The van der Waals surface area contributed by atoms with Crippen LogP contribution in [0.25, 0.3) is 0 Å². The summed E-state index contributed by atoms with van der Waals surface area (Å²) in [5.74, 6) is 0.912. The van der Waals surface area contributed by atoms with E-state index in [4.69, 9.17) is 11.6 Å². The molecule has 1 N–H and O–H groups in total. The molecule has 1 atom stereocenters. The molecule has 0 heterocycles. The fourth-order valence-corrected chi connectivity index (χ4v) is 4.19. The SMILES string of the molecule is CCCNC(=O)[C@H](CC)N(Cc1ccccc1Cl)C(=O)CSCc1ccc(C)cc1. The summed E-state index contributed by atoms with van der Waals surface area (Å²) in [5.41, 5.74) is 3.25. The average Bonchev–Trinajstić information content (AvgIpc) is 2.74. The molecule has 0 aromatic heterocycles. The predicted molar refractivity (Wildman–Crippen MR) is 127 cm³/mol. The summed E-state index contributed by atoms with van der Waals surface area (Å²) >= 11 is 7.90. The summed E-state index contributed by atoms with van der Waals surface area (Å²) in [6, 6.07) is 15.3. The highest BCUT2D eigenvalue weighted by Crippen LogP contribution is 2.21. The number of benzene rings is 2. The fraction of sp³-hybridized carbons (Fsp3) is 0.417. The Morgan fingerprint density at radius 1 is 1.10 bits per heavy atom. The van der Waals surface area contributed by atoms with Crippen molar-refractivity contribution < 1.29 is 9.59 Å². The molecule has 0 unspecified atom stereocenters. The summed E-state index contributed by atoms with van der Waals surface area (Å²) in [5, 5.41) is 3.54. The van der Waals surface area contributed by atoms with Crippen LogP contribution in [0.3, 0.4) is 0 Å². The third kappa shape index (κ3) is 7.37. The van der Waals surface area contributed by atoms with E-state index in [2.05, 4.69) is 36.5 Å². The van der Waals surface area contributed by atoms with Crippen LogP contribution in [0.5, 0.6) is 0 Å². The second-order valence-corrected chi connectivity index (χ2v) is 8.70. The van der Waals surface area contributed by atoms with Crippen molar-refractivity contribution in [1.82, 2.24) is 10.2 Å². The molecule has 0 spiro atoms. The zero-order valence-electron chi connectivity index (χ0n) is 18.0. The molecule has 2 aromatic rings. The monoisotopic (exact) mass is 446 g/mol. The predicted octanol–water partition coefficient (Wildman–Crippen LogP) is 5.22. The van der Waals surface area contributed by atoms with E-state index in [1.165, 1.54) is 11.1 Å². The van der Waals surface area contributed by atoms with Crippen LogP contribution in [-0.4, -0.2) is 35.1 Å². The Labute approximate surface area is 189 Å². The van der Waals surface area contributed by atoms with Gasteiger partial charge in [-0.15, -0.1) is 11.8 Å². The van der Waals surface area contributed by atoms with Crippen molar-refractivity contribution in [1.29, 1.82) is 0 Å². The van der Waals surface area contributed by atoms with Crippen LogP contribution in [0.15, 0.2) is 48.5 Å². The highest BCUT2D eigenvalue weighted by atomic mass is 35.5. The van der Waals surface area contributed by atoms with E-state index in [1.807, 2.05) is 38.1 Å². The lowest BCUT2D eigenvalue weighted by molar-refractivity contribution is -0.139. The first kappa shape index (κ1) is 24.3. The average molecular weight is 447 g/mol. The lowest BCUT2D eigenvalue weighted by Gasteiger charge is -2.31. The molecule has 0 aliphatic carbocycles. The number of hydrogen-bond acceptors (Lipinski definition) is 3. The van der Waals surface area contributed by atoms with Crippen LogP contribution < -0.4 is 5.32 Å². The first-order valence-corrected chi connectivity index (χ1v) is 11.9. The molecule has 4 nitrogen and oxygen atoms in total.